The SMILES string of the molecule is CC[C@@H]1CN(Cc2ccc(C)o2)CC[C@@H]1NS(=O)(=O)N1CCOCC1. The van der Waals surface area contributed by atoms with Crippen LogP contribution in [0.5, 0.6) is 0 Å². The van der Waals surface area contributed by atoms with Crippen LogP contribution in [-0.2, 0) is 21.5 Å². The van der Waals surface area contributed by atoms with Crippen LogP contribution in [0.4, 0.5) is 0 Å². The second kappa shape index (κ2) is 8.18. The molecule has 0 bridgehead atoms. The Kier molecular flexibility index (Phi) is 6.17. The number of hydrogen-bond donors (Lipinski definition) is 1. The van der Waals surface area contributed by atoms with Crippen LogP contribution in [0, 0.1) is 12.8 Å². The molecule has 8 heteroatoms. The molecule has 2 aliphatic rings. The first kappa shape index (κ1) is 18.8. The first-order chi connectivity index (χ1) is 12.0. The van der Waals surface area contributed by atoms with Gasteiger partial charge in [0.05, 0.1) is 19.8 Å². The second-order valence-corrected chi connectivity index (χ2v) is 8.65. The quantitative estimate of drug-likeness (QED) is 0.817. The highest BCUT2D eigenvalue weighted by atomic mass is 32.2. The molecule has 1 N–H and O–H groups in total. The molecule has 1 aromatic heterocycles. The highest BCUT2D eigenvalue weighted by Gasteiger charge is 2.34. The number of piperidine rings is 1. The van der Waals surface area contributed by atoms with Crippen molar-refractivity contribution in [2.75, 3.05) is 39.4 Å². The van der Waals surface area contributed by atoms with Gasteiger partial charge in [-0.3, -0.25) is 4.90 Å². The maximum Gasteiger partial charge on any atom is 0.279 e. The Morgan fingerprint density at radius 3 is 2.64 bits per heavy atom. The molecule has 2 aliphatic heterocycles. The summed E-state index contributed by atoms with van der Waals surface area (Å²) in [6.07, 6.45) is 1.77. The minimum absolute atomic E-state index is 0.00701. The molecule has 0 amide bonds. The molecule has 0 radical (unpaired) electrons. The summed E-state index contributed by atoms with van der Waals surface area (Å²) in [7, 11) is -3.43. The monoisotopic (exact) mass is 371 g/mol. The molecule has 2 fully saturated rings. The van der Waals surface area contributed by atoms with Crippen molar-refractivity contribution >= 4 is 10.2 Å². The van der Waals surface area contributed by atoms with Crippen LogP contribution in [0.25, 0.3) is 0 Å². The van der Waals surface area contributed by atoms with E-state index < -0.39 is 10.2 Å². The van der Waals surface area contributed by atoms with Gasteiger partial charge in [0.15, 0.2) is 0 Å². The molecule has 2 atom stereocenters. The summed E-state index contributed by atoms with van der Waals surface area (Å²) in [5, 5.41) is 0. The molecular weight excluding hydrogens is 342 g/mol. The molecule has 3 heterocycles. The highest BCUT2D eigenvalue weighted by molar-refractivity contribution is 7.87. The molecule has 2 saturated heterocycles. The van der Waals surface area contributed by atoms with Gasteiger partial charge in [-0.15, -0.1) is 0 Å². The van der Waals surface area contributed by atoms with Crippen molar-refractivity contribution < 1.29 is 17.6 Å². The number of likely N-dealkylation sites (tertiary alicyclic amines) is 1. The van der Waals surface area contributed by atoms with E-state index >= 15 is 0 Å². The minimum atomic E-state index is -3.43. The summed E-state index contributed by atoms with van der Waals surface area (Å²) < 4.78 is 40.6. The van der Waals surface area contributed by atoms with Crippen molar-refractivity contribution in [3.8, 4) is 0 Å². The lowest BCUT2D eigenvalue weighted by Crippen LogP contribution is -2.55. The number of aryl methyl sites for hydroxylation is 1. The van der Waals surface area contributed by atoms with E-state index in [0.717, 1.165) is 44.0 Å². The van der Waals surface area contributed by atoms with E-state index in [9.17, 15) is 8.42 Å². The summed E-state index contributed by atoms with van der Waals surface area (Å²) in [5.74, 6) is 2.20. The summed E-state index contributed by atoms with van der Waals surface area (Å²) in [5.41, 5.74) is 0. The molecule has 1 aromatic rings. The Hall–Kier alpha value is -0.930. The van der Waals surface area contributed by atoms with Gasteiger partial charge < -0.3 is 9.15 Å². The topological polar surface area (TPSA) is 75.0 Å². The highest BCUT2D eigenvalue weighted by Crippen LogP contribution is 2.23. The van der Waals surface area contributed by atoms with Crippen molar-refractivity contribution in [2.24, 2.45) is 5.92 Å². The lowest BCUT2D eigenvalue weighted by atomic mass is 9.90. The van der Waals surface area contributed by atoms with Gasteiger partial charge in [0.1, 0.15) is 11.5 Å². The minimum Gasteiger partial charge on any atom is -0.465 e. The molecule has 0 saturated carbocycles. The normalized spacial score (nSPS) is 26.8. The Bertz CT molecular complexity index is 655. The Labute approximate surface area is 150 Å². The van der Waals surface area contributed by atoms with E-state index in [-0.39, 0.29) is 6.04 Å². The number of nitrogens with one attached hydrogen (secondary N) is 1. The smallest absolute Gasteiger partial charge is 0.279 e. The van der Waals surface area contributed by atoms with Crippen molar-refractivity contribution in [1.82, 2.24) is 13.9 Å². The molecule has 0 aromatic carbocycles. The van der Waals surface area contributed by atoms with Gasteiger partial charge in [0, 0.05) is 32.2 Å². The number of furan rings is 1. The van der Waals surface area contributed by atoms with Gasteiger partial charge in [0.25, 0.3) is 10.2 Å². The summed E-state index contributed by atoms with van der Waals surface area (Å²) in [6.45, 7) is 8.42. The van der Waals surface area contributed by atoms with Gasteiger partial charge >= 0.3 is 0 Å². The Balaban J connectivity index is 1.58. The number of ether oxygens (including phenoxy) is 1. The summed E-state index contributed by atoms with van der Waals surface area (Å²) >= 11 is 0. The van der Waals surface area contributed by atoms with Crippen molar-refractivity contribution in [3.63, 3.8) is 0 Å². The number of rotatable bonds is 6. The van der Waals surface area contributed by atoms with Gasteiger partial charge in [-0.1, -0.05) is 13.3 Å². The van der Waals surface area contributed by atoms with Crippen molar-refractivity contribution in [3.05, 3.63) is 23.7 Å². The zero-order valence-electron chi connectivity index (χ0n) is 15.1. The van der Waals surface area contributed by atoms with Gasteiger partial charge in [-0.05, 0) is 31.4 Å². The fraction of sp³-hybridized carbons (Fsp3) is 0.765. The molecule has 142 valence electrons. The van der Waals surface area contributed by atoms with Crippen LogP contribution >= 0.6 is 0 Å². The standard InChI is InChI=1S/C17H29N3O4S/c1-3-15-12-19(13-16-5-4-14(2)24-16)7-6-17(15)18-25(21,22)20-8-10-23-11-9-20/h4-5,15,17-18H,3,6-13H2,1-2H3/t15-,17+/m1/s1. The summed E-state index contributed by atoms with van der Waals surface area (Å²) in [4.78, 5) is 2.35. The Morgan fingerprint density at radius 2 is 2.00 bits per heavy atom. The van der Waals surface area contributed by atoms with Crippen LogP contribution in [0.2, 0.25) is 0 Å². The predicted octanol–water partition coefficient (Wildman–Crippen LogP) is 1.36. The third kappa shape index (κ3) is 4.83. The van der Waals surface area contributed by atoms with E-state index in [0.29, 0.717) is 32.2 Å². The third-order valence-electron chi connectivity index (χ3n) is 5.13. The lowest BCUT2D eigenvalue weighted by Gasteiger charge is -2.39. The van der Waals surface area contributed by atoms with Crippen LogP contribution < -0.4 is 4.72 Å². The molecule has 3 rings (SSSR count). The van der Waals surface area contributed by atoms with E-state index in [1.807, 2.05) is 19.1 Å². The first-order valence-corrected chi connectivity index (χ1v) is 10.5. The molecule has 0 unspecified atom stereocenters. The van der Waals surface area contributed by atoms with Crippen LogP contribution in [0.1, 0.15) is 31.3 Å². The number of nitrogens with zero attached hydrogens (tertiary/aromatic N) is 2. The average molecular weight is 372 g/mol. The van der Waals surface area contributed by atoms with Gasteiger partial charge in [0.2, 0.25) is 0 Å². The molecule has 0 aliphatic carbocycles. The van der Waals surface area contributed by atoms with Gasteiger partial charge in [-0.25, -0.2) is 0 Å². The summed E-state index contributed by atoms with van der Waals surface area (Å²) in [6, 6.07) is 3.99. The fourth-order valence-corrected chi connectivity index (χ4v) is 5.13. The van der Waals surface area contributed by atoms with Gasteiger partial charge in [-0.2, -0.15) is 17.4 Å². The van der Waals surface area contributed by atoms with E-state index in [1.165, 1.54) is 4.31 Å². The predicted molar refractivity (Wildman–Crippen MR) is 95.4 cm³/mol. The van der Waals surface area contributed by atoms with E-state index in [1.54, 1.807) is 0 Å². The maximum atomic E-state index is 12.6. The zero-order chi connectivity index (χ0) is 17.9. The number of hydrogen-bond acceptors (Lipinski definition) is 5. The average Bonchev–Trinajstić information content (AvgIpc) is 3.01. The third-order valence-corrected chi connectivity index (χ3v) is 6.77. The largest absolute Gasteiger partial charge is 0.465 e. The van der Waals surface area contributed by atoms with Crippen molar-refractivity contribution in [2.45, 2.75) is 39.3 Å². The van der Waals surface area contributed by atoms with Crippen LogP contribution in [-0.4, -0.2) is 63.1 Å². The zero-order valence-corrected chi connectivity index (χ0v) is 15.9. The molecule has 7 nitrogen and oxygen atoms in total. The first-order valence-electron chi connectivity index (χ1n) is 9.10. The maximum absolute atomic E-state index is 12.6. The van der Waals surface area contributed by atoms with Crippen LogP contribution in [0.3, 0.4) is 0 Å². The van der Waals surface area contributed by atoms with Crippen molar-refractivity contribution in [1.29, 1.82) is 0 Å². The Morgan fingerprint density at radius 1 is 1.24 bits per heavy atom. The fourth-order valence-electron chi connectivity index (χ4n) is 3.66. The van der Waals surface area contributed by atoms with E-state index in [2.05, 4.69) is 16.5 Å². The molecule has 25 heavy (non-hydrogen) atoms. The molecular formula is C17H29N3O4S. The molecule has 0 spiro atoms. The number of morpholine rings is 1. The van der Waals surface area contributed by atoms with Crippen LogP contribution in [0.15, 0.2) is 16.5 Å². The van der Waals surface area contributed by atoms with E-state index in [4.69, 9.17) is 9.15 Å². The second-order valence-electron chi connectivity index (χ2n) is 6.95. The lowest BCUT2D eigenvalue weighted by molar-refractivity contribution is 0.0713.